The van der Waals surface area contributed by atoms with Crippen molar-refractivity contribution >= 4 is 28.8 Å². The normalized spacial score (nSPS) is 18.2. The summed E-state index contributed by atoms with van der Waals surface area (Å²) in [6, 6.07) is 6.99. The molecule has 0 aliphatic carbocycles. The molecule has 33 heavy (non-hydrogen) atoms. The van der Waals surface area contributed by atoms with E-state index in [1.54, 1.807) is 24.3 Å². The van der Waals surface area contributed by atoms with Crippen LogP contribution in [0.2, 0.25) is 5.02 Å². The topological polar surface area (TPSA) is 85.2 Å². The molecule has 1 unspecified atom stereocenters. The Kier molecular flexibility index (Phi) is 6.85. The number of halogens is 3. The van der Waals surface area contributed by atoms with Crippen LogP contribution in [0.3, 0.4) is 0 Å². The van der Waals surface area contributed by atoms with Crippen molar-refractivity contribution in [2.24, 2.45) is 0 Å². The predicted octanol–water partition coefficient (Wildman–Crippen LogP) is 3.90. The van der Waals surface area contributed by atoms with Gasteiger partial charge in [-0.1, -0.05) is 11.6 Å². The van der Waals surface area contributed by atoms with Crippen LogP contribution in [0.5, 0.6) is 0 Å². The maximum absolute atomic E-state index is 14.7. The molecule has 3 aromatic rings. The van der Waals surface area contributed by atoms with Crippen LogP contribution in [-0.2, 0) is 4.74 Å². The summed E-state index contributed by atoms with van der Waals surface area (Å²) in [6.45, 7) is 3.04. The van der Waals surface area contributed by atoms with Crippen molar-refractivity contribution in [2.45, 2.75) is 25.4 Å². The fourth-order valence-corrected chi connectivity index (χ4v) is 3.84. The standard InChI is InChI=1S/C22H23ClF2N6O2/c1-2-30(19-12-26-18(24)11-27-19)15-4-6-16(7-5-15)31-21(32)20(23)17(10-29-31)28-13-22(25)8-3-9-33-14-22/h4-7,10-12,28H,2-3,8-9,13-14H2,1H3. The van der Waals surface area contributed by atoms with Crippen molar-refractivity contribution in [3.63, 3.8) is 0 Å². The van der Waals surface area contributed by atoms with Crippen molar-refractivity contribution in [1.29, 1.82) is 0 Å². The first-order valence-corrected chi connectivity index (χ1v) is 10.9. The Hall–Kier alpha value is -3.11. The summed E-state index contributed by atoms with van der Waals surface area (Å²) in [7, 11) is 0. The Balaban J connectivity index is 1.52. The number of aromatic nitrogens is 4. The molecular formula is C22H23ClF2N6O2. The molecule has 1 N–H and O–H groups in total. The average molecular weight is 477 g/mol. The lowest BCUT2D eigenvalue weighted by molar-refractivity contribution is -0.0234. The molecule has 2 aromatic heterocycles. The summed E-state index contributed by atoms with van der Waals surface area (Å²) in [5.41, 5.74) is -0.487. The first kappa shape index (κ1) is 23.1. The van der Waals surface area contributed by atoms with Crippen molar-refractivity contribution in [3.8, 4) is 5.69 Å². The van der Waals surface area contributed by atoms with Crippen LogP contribution >= 0.6 is 11.6 Å². The van der Waals surface area contributed by atoms with Gasteiger partial charge in [-0.2, -0.15) is 14.2 Å². The molecule has 0 amide bonds. The molecule has 1 aliphatic rings. The van der Waals surface area contributed by atoms with E-state index in [9.17, 15) is 13.6 Å². The Labute approximate surface area is 194 Å². The minimum Gasteiger partial charge on any atom is -0.379 e. The highest BCUT2D eigenvalue weighted by molar-refractivity contribution is 6.32. The smallest absolute Gasteiger partial charge is 0.292 e. The highest BCUT2D eigenvalue weighted by atomic mass is 35.5. The lowest BCUT2D eigenvalue weighted by Gasteiger charge is -2.29. The van der Waals surface area contributed by atoms with Gasteiger partial charge in [0.25, 0.3) is 5.56 Å². The zero-order chi connectivity index (χ0) is 23.4. The SMILES string of the molecule is CCN(c1ccc(-n2ncc(NCC3(F)CCCOC3)c(Cl)c2=O)cc1)c1cnc(F)cn1. The van der Waals surface area contributed by atoms with Gasteiger partial charge in [0, 0.05) is 18.8 Å². The van der Waals surface area contributed by atoms with Crippen molar-refractivity contribution in [3.05, 3.63) is 64.2 Å². The van der Waals surface area contributed by atoms with Crippen LogP contribution < -0.4 is 15.8 Å². The Bertz CT molecular complexity index is 1150. The molecule has 8 nitrogen and oxygen atoms in total. The quantitative estimate of drug-likeness (QED) is 0.553. The first-order chi connectivity index (χ1) is 15.9. The molecule has 11 heteroatoms. The van der Waals surface area contributed by atoms with Crippen LogP contribution in [-0.4, -0.2) is 51.7 Å². The Morgan fingerprint density at radius 1 is 1.24 bits per heavy atom. The van der Waals surface area contributed by atoms with Crippen LogP contribution in [0.25, 0.3) is 5.69 Å². The minimum absolute atomic E-state index is 0.00669. The molecule has 1 saturated heterocycles. The van der Waals surface area contributed by atoms with Gasteiger partial charge in [-0.05, 0) is 44.0 Å². The number of nitrogens with zero attached hydrogens (tertiary/aromatic N) is 5. The van der Waals surface area contributed by atoms with Crippen molar-refractivity contribution < 1.29 is 13.5 Å². The van der Waals surface area contributed by atoms with Gasteiger partial charge < -0.3 is 15.0 Å². The van der Waals surface area contributed by atoms with Gasteiger partial charge in [-0.25, -0.2) is 14.4 Å². The number of alkyl halides is 1. The number of rotatable bonds is 7. The number of nitrogens with one attached hydrogen (secondary N) is 1. The first-order valence-electron chi connectivity index (χ1n) is 10.5. The van der Waals surface area contributed by atoms with Crippen LogP contribution in [0.15, 0.2) is 47.7 Å². The van der Waals surface area contributed by atoms with E-state index in [0.717, 1.165) is 11.9 Å². The molecule has 1 aliphatic heterocycles. The summed E-state index contributed by atoms with van der Waals surface area (Å²) in [5, 5.41) is 6.99. The fraction of sp³-hybridized carbons (Fsp3) is 0.364. The van der Waals surface area contributed by atoms with E-state index in [0.29, 0.717) is 37.5 Å². The van der Waals surface area contributed by atoms with E-state index in [1.807, 2.05) is 11.8 Å². The van der Waals surface area contributed by atoms with Crippen molar-refractivity contribution in [1.82, 2.24) is 19.7 Å². The fourth-order valence-electron chi connectivity index (χ4n) is 3.65. The third kappa shape index (κ3) is 5.12. The highest BCUT2D eigenvalue weighted by Crippen LogP contribution is 2.26. The largest absolute Gasteiger partial charge is 0.379 e. The lowest BCUT2D eigenvalue weighted by atomic mass is 9.99. The summed E-state index contributed by atoms with van der Waals surface area (Å²) in [5.74, 6) is -0.159. The monoisotopic (exact) mass is 476 g/mol. The number of ether oxygens (including phenoxy) is 1. The van der Waals surface area contributed by atoms with Gasteiger partial charge in [0.1, 0.15) is 5.02 Å². The number of anilines is 3. The minimum atomic E-state index is -1.51. The van der Waals surface area contributed by atoms with Crippen LogP contribution in [0, 0.1) is 5.95 Å². The van der Waals surface area contributed by atoms with E-state index in [4.69, 9.17) is 16.3 Å². The molecule has 4 rings (SSSR count). The molecule has 0 bridgehead atoms. The zero-order valence-corrected chi connectivity index (χ0v) is 18.7. The predicted molar refractivity (Wildman–Crippen MR) is 122 cm³/mol. The lowest BCUT2D eigenvalue weighted by Crippen LogP contribution is -2.40. The molecule has 1 aromatic carbocycles. The third-order valence-corrected chi connectivity index (χ3v) is 5.76. The van der Waals surface area contributed by atoms with Crippen molar-refractivity contribution in [2.75, 3.05) is 36.5 Å². The van der Waals surface area contributed by atoms with Gasteiger partial charge in [0.05, 0.1) is 43.1 Å². The maximum atomic E-state index is 14.7. The van der Waals surface area contributed by atoms with E-state index in [1.165, 1.54) is 17.1 Å². The molecule has 1 atom stereocenters. The van der Waals surface area contributed by atoms with Gasteiger partial charge in [-0.3, -0.25) is 4.79 Å². The average Bonchev–Trinajstić information content (AvgIpc) is 2.83. The highest BCUT2D eigenvalue weighted by Gasteiger charge is 2.32. The second kappa shape index (κ2) is 9.80. The molecule has 0 spiro atoms. The van der Waals surface area contributed by atoms with E-state index in [2.05, 4.69) is 20.4 Å². The maximum Gasteiger partial charge on any atom is 0.292 e. The van der Waals surface area contributed by atoms with Gasteiger partial charge in [-0.15, -0.1) is 0 Å². The van der Waals surface area contributed by atoms with Gasteiger partial charge >= 0.3 is 0 Å². The molecule has 0 radical (unpaired) electrons. The molecule has 3 heterocycles. The van der Waals surface area contributed by atoms with Crippen LogP contribution in [0.4, 0.5) is 26.0 Å². The summed E-state index contributed by atoms with van der Waals surface area (Å²) < 4.78 is 34.2. The van der Waals surface area contributed by atoms with E-state index in [-0.39, 0.29) is 23.9 Å². The summed E-state index contributed by atoms with van der Waals surface area (Å²) >= 11 is 6.26. The van der Waals surface area contributed by atoms with E-state index >= 15 is 0 Å². The number of benzene rings is 1. The summed E-state index contributed by atoms with van der Waals surface area (Å²) in [4.78, 5) is 22.3. The van der Waals surface area contributed by atoms with Crippen LogP contribution in [0.1, 0.15) is 19.8 Å². The van der Waals surface area contributed by atoms with E-state index < -0.39 is 17.2 Å². The number of hydrogen-bond donors (Lipinski definition) is 1. The Morgan fingerprint density at radius 3 is 2.67 bits per heavy atom. The third-order valence-electron chi connectivity index (χ3n) is 5.39. The molecule has 0 saturated carbocycles. The zero-order valence-electron chi connectivity index (χ0n) is 18.0. The molecule has 1 fully saturated rings. The Morgan fingerprint density at radius 2 is 2.03 bits per heavy atom. The molecule has 174 valence electrons. The molecular weight excluding hydrogens is 454 g/mol. The van der Waals surface area contributed by atoms with Gasteiger partial charge in [0.15, 0.2) is 11.5 Å². The van der Waals surface area contributed by atoms with Gasteiger partial charge in [0.2, 0.25) is 5.95 Å². The second-order valence-corrected chi connectivity index (χ2v) is 8.09. The summed E-state index contributed by atoms with van der Waals surface area (Å²) in [6.07, 6.45) is 4.83. The second-order valence-electron chi connectivity index (χ2n) is 7.71. The number of hydrogen-bond acceptors (Lipinski definition) is 7.